The van der Waals surface area contributed by atoms with Crippen molar-refractivity contribution in [2.24, 2.45) is 34.6 Å². The Balaban J connectivity index is 1.75. The number of aliphatic hydroxyl groups excluding tert-OH is 6. The lowest BCUT2D eigenvalue weighted by molar-refractivity contribution is -0.318. The van der Waals surface area contributed by atoms with E-state index >= 15 is 0 Å². The zero-order valence-electron chi connectivity index (χ0n) is 25.0. The molecule has 3 fully saturated rings. The van der Waals surface area contributed by atoms with Crippen LogP contribution in [0.5, 0.6) is 0 Å². The number of nitrogens with two attached hydrogens (primary N) is 5. The van der Waals surface area contributed by atoms with Gasteiger partial charge in [-0.15, -0.1) is 0 Å². The monoisotopic (exact) mass is 638 g/mol. The molecule has 2 saturated heterocycles. The quantitative estimate of drug-likeness (QED) is 0.0748. The van der Waals surface area contributed by atoms with Crippen LogP contribution in [0.15, 0.2) is 0 Å². The Morgan fingerprint density at radius 1 is 0.886 bits per heavy atom. The fraction of sp³-hybridized carbons (Fsp3) is 0.963. The number of carbonyl (C=O) groups excluding carboxylic acids is 1. The normalized spacial score (nSPS) is 41.3. The van der Waals surface area contributed by atoms with E-state index in [-0.39, 0.29) is 31.9 Å². The van der Waals surface area contributed by atoms with E-state index in [1.54, 1.807) is 0 Å². The van der Waals surface area contributed by atoms with Crippen LogP contribution < -0.4 is 34.0 Å². The molecule has 0 bridgehead atoms. The van der Waals surface area contributed by atoms with Gasteiger partial charge in [0.1, 0.15) is 36.6 Å². The highest BCUT2D eigenvalue weighted by Gasteiger charge is 2.51. The molecule has 0 aromatic heterocycles. The first kappa shape index (κ1) is 37.5. The molecule has 2 aliphatic heterocycles. The summed E-state index contributed by atoms with van der Waals surface area (Å²) in [6.07, 6.45) is -10.9. The van der Waals surface area contributed by atoms with Gasteiger partial charge in [0.2, 0.25) is 0 Å². The summed E-state index contributed by atoms with van der Waals surface area (Å²) in [5.74, 6) is -1.27. The molecule has 1 saturated carbocycles. The predicted molar refractivity (Wildman–Crippen MR) is 155 cm³/mol. The molecule has 3 aliphatic rings. The number of ether oxygens (including phenoxy) is 4. The summed E-state index contributed by atoms with van der Waals surface area (Å²) in [6.45, 7) is 0.606. The van der Waals surface area contributed by atoms with Crippen molar-refractivity contribution in [3.05, 3.63) is 0 Å². The van der Waals surface area contributed by atoms with E-state index in [2.05, 4.69) is 5.32 Å². The number of hydrogen-bond acceptors (Lipinski definition) is 17. The molecular weight excluding hydrogens is 584 g/mol. The lowest BCUT2D eigenvalue weighted by Gasteiger charge is -2.48. The fourth-order valence-electron chi connectivity index (χ4n) is 6.02. The smallest absolute Gasteiger partial charge is 0.186 e. The van der Waals surface area contributed by atoms with Gasteiger partial charge in [0.15, 0.2) is 18.4 Å². The van der Waals surface area contributed by atoms with Gasteiger partial charge in [-0.05, 0) is 51.1 Å². The Bertz CT molecular complexity index is 865. The molecule has 0 aromatic carbocycles. The average Bonchev–Trinajstić information content (AvgIpc) is 2.98. The Morgan fingerprint density at radius 2 is 1.57 bits per heavy atom. The van der Waals surface area contributed by atoms with E-state index in [4.69, 9.17) is 47.6 Å². The highest BCUT2D eigenvalue weighted by molar-refractivity contribution is 5.83. The first-order valence-corrected chi connectivity index (χ1v) is 15.4. The molecule has 17 heteroatoms. The van der Waals surface area contributed by atoms with Crippen molar-refractivity contribution in [1.29, 1.82) is 0 Å². The highest BCUT2D eigenvalue weighted by Crippen LogP contribution is 2.36. The molecule has 44 heavy (non-hydrogen) atoms. The number of rotatable bonds is 16. The summed E-state index contributed by atoms with van der Waals surface area (Å²) in [6, 6.07) is -2.57. The minimum absolute atomic E-state index is 0.0473. The highest BCUT2D eigenvalue weighted by atomic mass is 16.7. The lowest BCUT2D eigenvalue weighted by atomic mass is 9.76. The van der Waals surface area contributed by atoms with Crippen LogP contribution >= 0.6 is 0 Å². The summed E-state index contributed by atoms with van der Waals surface area (Å²) >= 11 is 0. The third-order valence-electron chi connectivity index (χ3n) is 8.68. The van der Waals surface area contributed by atoms with Crippen molar-refractivity contribution in [3.8, 4) is 0 Å². The van der Waals surface area contributed by atoms with E-state index in [0.29, 0.717) is 38.9 Å². The molecule has 2 unspecified atom stereocenters. The minimum Gasteiger partial charge on any atom is -0.394 e. The topological polar surface area (TPSA) is 318 Å². The maximum atomic E-state index is 12.8. The van der Waals surface area contributed by atoms with Gasteiger partial charge < -0.3 is 83.6 Å². The van der Waals surface area contributed by atoms with Gasteiger partial charge in [0.05, 0.1) is 37.0 Å². The van der Waals surface area contributed by atoms with Gasteiger partial charge in [-0.1, -0.05) is 0 Å². The Hall–Kier alpha value is -0.970. The summed E-state index contributed by atoms with van der Waals surface area (Å²) in [7, 11) is 0. The number of hydrogen-bond donors (Lipinski definition) is 12. The molecule has 1 aliphatic carbocycles. The molecule has 0 radical (unpaired) electrons. The first-order valence-electron chi connectivity index (χ1n) is 15.4. The van der Waals surface area contributed by atoms with Crippen molar-refractivity contribution in [2.75, 3.05) is 32.8 Å². The van der Waals surface area contributed by atoms with Crippen molar-refractivity contribution < 1.29 is 54.4 Å². The van der Waals surface area contributed by atoms with Crippen LogP contribution in [0.4, 0.5) is 0 Å². The van der Waals surface area contributed by atoms with Gasteiger partial charge in [0.25, 0.3) is 0 Å². The number of ketones is 1. The second-order valence-corrected chi connectivity index (χ2v) is 12.2. The molecule has 2 heterocycles. The van der Waals surface area contributed by atoms with E-state index in [0.717, 1.165) is 0 Å². The van der Waals surface area contributed by atoms with Crippen molar-refractivity contribution in [2.45, 2.75) is 124 Å². The summed E-state index contributed by atoms with van der Waals surface area (Å²) < 4.78 is 23.9. The number of aliphatic hydroxyl groups is 6. The first-order chi connectivity index (χ1) is 20.9. The zero-order valence-corrected chi connectivity index (χ0v) is 25.0. The summed E-state index contributed by atoms with van der Waals surface area (Å²) in [5, 5.41) is 65.4. The van der Waals surface area contributed by atoms with Gasteiger partial charge >= 0.3 is 0 Å². The van der Waals surface area contributed by atoms with Gasteiger partial charge in [-0.3, -0.25) is 4.79 Å². The molecule has 0 spiro atoms. The number of nitrogens with one attached hydrogen (secondary N) is 1. The number of carbonyl (C=O) groups is 1. The minimum atomic E-state index is -1.54. The Kier molecular flexibility index (Phi) is 15.2. The fourth-order valence-corrected chi connectivity index (χ4v) is 6.02. The van der Waals surface area contributed by atoms with E-state index in [1.165, 1.54) is 0 Å². The van der Waals surface area contributed by atoms with Gasteiger partial charge in [0, 0.05) is 25.6 Å². The SMILES string of the molecule is NCCC(O)CNC[C@@H]1CC[C@@H](N)[C@@H](OC2[C@@H](N)C[C@@H](CC(=O)[C@@H](O)CCN)[C@H](O[C@H]3O[C@H](CO)[C@@H](O)[C@H](N)[C@H]3O)[C@H]2O)O1. The van der Waals surface area contributed by atoms with E-state index in [1.807, 2.05) is 0 Å². The average molecular weight is 639 g/mol. The van der Waals surface area contributed by atoms with Crippen LogP contribution in [0.25, 0.3) is 0 Å². The second kappa shape index (κ2) is 17.8. The predicted octanol–water partition coefficient (Wildman–Crippen LogP) is -5.97. The van der Waals surface area contributed by atoms with Crippen LogP contribution in [0.3, 0.4) is 0 Å². The lowest BCUT2D eigenvalue weighted by Crippen LogP contribution is -2.66. The summed E-state index contributed by atoms with van der Waals surface area (Å²) in [5.41, 5.74) is 29.7. The van der Waals surface area contributed by atoms with Crippen LogP contribution in [-0.2, 0) is 23.7 Å². The molecule has 258 valence electrons. The summed E-state index contributed by atoms with van der Waals surface area (Å²) in [4.78, 5) is 12.8. The van der Waals surface area contributed by atoms with Crippen LogP contribution in [0.2, 0.25) is 0 Å². The van der Waals surface area contributed by atoms with Crippen LogP contribution in [0, 0.1) is 5.92 Å². The Morgan fingerprint density at radius 3 is 2.23 bits per heavy atom. The molecule has 17 nitrogen and oxygen atoms in total. The van der Waals surface area contributed by atoms with Crippen molar-refractivity contribution in [1.82, 2.24) is 5.32 Å². The third-order valence-corrected chi connectivity index (χ3v) is 8.68. The van der Waals surface area contributed by atoms with Crippen LogP contribution in [-0.4, -0.2) is 155 Å². The second-order valence-electron chi connectivity index (χ2n) is 12.2. The standard InChI is InChI=1S/C27H54N6O11/c28-5-3-13(35)9-33-10-14-1-2-15(30)26(41-14)44-25-16(31)7-12(8-18(37)17(36)4-6-29)24(23(25)40)43-27-22(39)20(32)21(38)19(11-34)42-27/h12-17,19-27,33-36,38-40H,1-11,28-32H2/t12-,13?,14-,15+,16-,17-,19+,20-,21+,22+,23+,24-,25?,26+,27+/m0/s1. The van der Waals surface area contributed by atoms with E-state index < -0.39 is 97.8 Å². The zero-order chi connectivity index (χ0) is 32.6. The van der Waals surface area contributed by atoms with Crippen molar-refractivity contribution in [3.63, 3.8) is 0 Å². The number of Topliss-reactive ketones (excluding diaryl/α,β-unsaturated/α-hetero) is 1. The maximum absolute atomic E-state index is 12.8. The van der Waals surface area contributed by atoms with Crippen LogP contribution in [0.1, 0.15) is 38.5 Å². The Labute approximate surface area is 257 Å². The van der Waals surface area contributed by atoms with Gasteiger partial charge in [-0.25, -0.2) is 0 Å². The molecule has 0 aromatic rings. The van der Waals surface area contributed by atoms with Gasteiger partial charge in [-0.2, -0.15) is 0 Å². The molecule has 17 N–H and O–H groups in total. The molecule has 15 atom stereocenters. The maximum Gasteiger partial charge on any atom is 0.186 e. The third kappa shape index (κ3) is 9.77. The molecule has 3 rings (SSSR count). The van der Waals surface area contributed by atoms with Crippen molar-refractivity contribution >= 4 is 5.78 Å². The molecule has 0 amide bonds. The molecular formula is C27H54N6O11. The largest absolute Gasteiger partial charge is 0.394 e. The van der Waals surface area contributed by atoms with E-state index in [9.17, 15) is 35.4 Å².